The van der Waals surface area contributed by atoms with Crippen molar-refractivity contribution in [2.45, 2.75) is 17.4 Å². The molecule has 0 radical (unpaired) electrons. The van der Waals surface area contributed by atoms with Crippen LogP contribution in [0.15, 0.2) is 58.2 Å². The van der Waals surface area contributed by atoms with Crippen LogP contribution in [-0.4, -0.2) is 62.6 Å². The first kappa shape index (κ1) is 21.6. The van der Waals surface area contributed by atoms with Crippen molar-refractivity contribution in [2.75, 3.05) is 32.8 Å². The molecule has 1 saturated heterocycles. The minimum absolute atomic E-state index is 0.0626. The fourth-order valence-corrected chi connectivity index (χ4v) is 5.62. The van der Waals surface area contributed by atoms with E-state index < -0.39 is 21.5 Å². The number of hydrogen-bond acceptors (Lipinski definition) is 6. The van der Waals surface area contributed by atoms with E-state index in [-0.39, 0.29) is 36.2 Å². The summed E-state index contributed by atoms with van der Waals surface area (Å²) in [6.07, 6.45) is 0.464. The number of morpholine rings is 1. The lowest BCUT2D eigenvalue weighted by Gasteiger charge is -2.26. The van der Waals surface area contributed by atoms with Crippen molar-refractivity contribution in [3.05, 3.63) is 70.0 Å². The second-order valence-corrected chi connectivity index (χ2v) is 9.97. The predicted octanol–water partition coefficient (Wildman–Crippen LogP) is 1.28. The summed E-state index contributed by atoms with van der Waals surface area (Å²) in [6.45, 7) is 1.46. The lowest BCUT2D eigenvalue weighted by atomic mass is 10.1. The zero-order chi connectivity index (χ0) is 23.0. The van der Waals surface area contributed by atoms with Crippen molar-refractivity contribution in [3.8, 4) is 5.75 Å². The molecular weight excluding hydrogens is 446 g/mol. The molecule has 3 aromatic rings. The van der Waals surface area contributed by atoms with Crippen LogP contribution < -0.4 is 15.6 Å². The monoisotopic (exact) mass is 469 g/mol. The summed E-state index contributed by atoms with van der Waals surface area (Å²) < 4.78 is 38.6. The quantitative estimate of drug-likeness (QED) is 0.581. The molecule has 9 nitrogen and oxygen atoms in total. The molecular formula is C23H23N3O6S. The number of sulfonamides is 1. The third kappa shape index (κ3) is 4.24. The number of amides is 1. The highest BCUT2D eigenvalue weighted by molar-refractivity contribution is 7.89. The van der Waals surface area contributed by atoms with Crippen LogP contribution in [0.5, 0.6) is 5.75 Å². The van der Waals surface area contributed by atoms with Gasteiger partial charge in [-0.3, -0.25) is 9.59 Å². The first-order chi connectivity index (χ1) is 15.9. The van der Waals surface area contributed by atoms with Crippen LogP contribution >= 0.6 is 0 Å². The zero-order valence-corrected chi connectivity index (χ0v) is 18.6. The van der Waals surface area contributed by atoms with Gasteiger partial charge < -0.3 is 19.8 Å². The van der Waals surface area contributed by atoms with Crippen molar-refractivity contribution >= 4 is 26.8 Å². The van der Waals surface area contributed by atoms with E-state index in [0.29, 0.717) is 30.5 Å². The van der Waals surface area contributed by atoms with E-state index >= 15 is 0 Å². The van der Waals surface area contributed by atoms with Gasteiger partial charge in [0.1, 0.15) is 11.9 Å². The number of carbonyl (C=O) groups is 1. The topological polar surface area (TPSA) is 118 Å². The smallest absolute Gasteiger partial charge is 0.252 e. The highest BCUT2D eigenvalue weighted by Gasteiger charge is 2.27. The number of carbonyl (C=O) groups excluding carboxylic acids is 1. The van der Waals surface area contributed by atoms with Gasteiger partial charge in [-0.2, -0.15) is 4.31 Å². The van der Waals surface area contributed by atoms with Crippen molar-refractivity contribution in [2.24, 2.45) is 0 Å². The van der Waals surface area contributed by atoms with E-state index in [1.54, 1.807) is 0 Å². The van der Waals surface area contributed by atoms with E-state index in [1.165, 1.54) is 28.6 Å². The molecule has 5 rings (SSSR count). The molecule has 0 spiro atoms. The Bertz CT molecular complexity index is 1350. The Hall–Kier alpha value is -3.21. The number of fused-ring (bicyclic) bond motifs is 2. The average molecular weight is 470 g/mol. The SMILES string of the molecule is O=C(NCC1Cc2ccccc2O1)c1cc(=O)[nH]c2ccc(S(=O)(=O)N3CCOCC3)cc12. The van der Waals surface area contributed by atoms with Crippen LogP contribution in [0.2, 0.25) is 0 Å². The number of H-pyrrole nitrogens is 1. The minimum Gasteiger partial charge on any atom is -0.488 e. The summed E-state index contributed by atoms with van der Waals surface area (Å²) in [5.74, 6) is 0.336. The van der Waals surface area contributed by atoms with E-state index in [0.717, 1.165) is 11.3 Å². The van der Waals surface area contributed by atoms with Gasteiger partial charge in [0, 0.05) is 36.5 Å². The van der Waals surface area contributed by atoms with Crippen LogP contribution in [-0.2, 0) is 21.2 Å². The fourth-order valence-electron chi connectivity index (χ4n) is 4.19. The second kappa shape index (κ2) is 8.62. The predicted molar refractivity (Wildman–Crippen MR) is 121 cm³/mol. The Morgan fingerprint density at radius 3 is 2.70 bits per heavy atom. The second-order valence-electron chi connectivity index (χ2n) is 8.03. The standard InChI is InChI=1S/C23H23N3O6S/c27-22-13-19(23(28)24-14-16-11-15-3-1-2-4-21(15)32-16)18-12-17(5-6-20(18)25-22)33(29,30)26-7-9-31-10-8-26/h1-6,12-13,16H,7-11,14H2,(H,24,28)(H,25,27). The van der Waals surface area contributed by atoms with Gasteiger partial charge in [0.05, 0.1) is 30.2 Å². The van der Waals surface area contributed by atoms with Gasteiger partial charge >= 0.3 is 0 Å². The van der Waals surface area contributed by atoms with Gasteiger partial charge in [-0.05, 0) is 29.8 Å². The number of hydrogen-bond donors (Lipinski definition) is 2. The van der Waals surface area contributed by atoms with Gasteiger partial charge in [0.2, 0.25) is 15.6 Å². The highest BCUT2D eigenvalue weighted by atomic mass is 32.2. The molecule has 2 aliphatic rings. The Morgan fingerprint density at radius 1 is 1.12 bits per heavy atom. The van der Waals surface area contributed by atoms with Crippen LogP contribution in [0, 0.1) is 0 Å². The molecule has 3 heterocycles. The molecule has 1 fully saturated rings. The van der Waals surface area contributed by atoms with Gasteiger partial charge in [0.15, 0.2) is 0 Å². The number of ether oxygens (including phenoxy) is 2. The normalized spacial score (nSPS) is 18.6. The molecule has 1 aromatic heterocycles. The van der Waals surface area contributed by atoms with Gasteiger partial charge in [0.25, 0.3) is 5.91 Å². The number of aromatic amines is 1. The number of nitrogens with zero attached hydrogens (tertiary/aromatic N) is 1. The molecule has 1 unspecified atom stereocenters. The molecule has 0 bridgehead atoms. The maximum absolute atomic E-state index is 13.1. The number of pyridine rings is 1. The van der Waals surface area contributed by atoms with Gasteiger partial charge in [-0.1, -0.05) is 18.2 Å². The number of aromatic nitrogens is 1. The van der Waals surface area contributed by atoms with Crippen molar-refractivity contribution in [1.82, 2.24) is 14.6 Å². The van der Waals surface area contributed by atoms with Crippen LogP contribution in [0.4, 0.5) is 0 Å². The Kier molecular flexibility index (Phi) is 5.65. The summed E-state index contributed by atoms with van der Waals surface area (Å²) in [5, 5.41) is 3.18. The molecule has 2 N–H and O–H groups in total. The van der Waals surface area contributed by atoms with E-state index in [9.17, 15) is 18.0 Å². The van der Waals surface area contributed by atoms with Crippen molar-refractivity contribution < 1.29 is 22.7 Å². The molecule has 0 aliphatic carbocycles. The van der Waals surface area contributed by atoms with Crippen LogP contribution in [0.1, 0.15) is 15.9 Å². The minimum atomic E-state index is -3.75. The van der Waals surface area contributed by atoms with Crippen LogP contribution in [0.25, 0.3) is 10.9 Å². The van der Waals surface area contributed by atoms with Gasteiger partial charge in [-0.25, -0.2) is 8.42 Å². The first-order valence-electron chi connectivity index (χ1n) is 10.7. The Balaban J connectivity index is 1.40. The Morgan fingerprint density at radius 2 is 1.91 bits per heavy atom. The van der Waals surface area contributed by atoms with E-state index in [2.05, 4.69) is 10.3 Å². The molecule has 10 heteroatoms. The summed E-state index contributed by atoms with van der Waals surface area (Å²) in [5.41, 5.74) is 1.14. The highest BCUT2D eigenvalue weighted by Crippen LogP contribution is 2.28. The maximum Gasteiger partial charge on any atom is 0.252 e. The van der Waals surface area contributed by atoms with E-state index in [1.807, 2.05) is 24.3 Å². The summed E-state index contributed by atoms with van der Waals surface area (Å²) in [7, 11) is -3.75. The molecule has 33 heavy (non-hydrogen) atoms. The number of rotatable bonds is 5. The largest absolute Gasteiger partial charge is 0.488 e. The zero-order valence-electron chi connectivity index (χ0n) is 17.7. The first-order valence-corrected chi connectivity index (χ1v) is 12.1. The number of nitrogens with one attached hydrogen (secondary N) is 2. The third-order valence-corrected chi connectivity index (χ3v) is 7.77. The molecule has 2 aliphatic heterocycles. The number of benzene rings is 2. The number of para-hydroxylation sites is 1. The third-order valence-electron chi connectivity index (χ3n) is 5.87. The maximum atomic E-state index is 13.1. The van der Waals surface area contributed by atoms with Gasteiger partial charge in [-0.15, -0.1) is 0 Å². The summed E-state index contributed by atoms with van der Waals surface area (Å²) in [4.78, 5) is 27.9. The molecule has 172 valence electrons. The molecule has 0 saturated carbocycles. The van der Waals surface area contributed by atoms with E-state index in [4.69, 9.17) is 9.47 Å². The molecule has 1 amide bonds. The lowest BCUT2D eigenvalue weighted by Crippen LogP contribution is -2.40. The lowest BCUT2D eigenvalue weighted by molar-refractivity contribution is 0.0730. The molecule has 2 aromatic carbocycles. The van der Waals surface area contributed by atoms with Crippen molar-refractivity contribution in [1.29, 1.82) is 0 Å². The summed E-state index contributed by atoms with van der Waals surface area (Å²) in [6, 6.07) is 13.3. The van der Waals surface area contributed by atoms with Crippen molar-refractivity contribution in [3.63, 3.8) is 0 Å². The average Bonchev–Trinajstić information content (AvgIpc) is 3.25. The van der Waals surface area contributed by atoms with Crippen LogP contribution in [0.3, 0.4) is 0 Å². The molecule has 1 atom stereocenters. The summed E-state index contributed by atoms with van der Waals surface area (Å²) >= 11 is 0. The Labute approximate surface area is 190 Å². The fraction of sp³-hybridized carbons (Fsp3) is 0.304.